The van der Waals surface area contributed by atoms with E-state index in [4.69, 9.17) is 9.97 Å². The van der Waals surface area contributed by atoms with Crippen LogP contribution in [0.25, 0.3) is 0 Å². The molecule has 4 rings (SSSR count). The Morgan fingerprint density at radius 1 is 1.07 bits per heavy atom. The van der Waals surface area contributed by atoms with E-state index in [9.17, 15) is 0 Å². The van der Waals surface area contributed by atoms with Gasteiger partial charge in [-0.1, -0.05) is 18.6 Å². The molecule has 0 fully saturated rings. The van der Waals surface area contributed by atoms with Crippen molar-refractivity contribution in [2.75, 3.05) is 20.1 Å². The molecular formula is C24H33N5. The first-order valence-electron chi connectivity index (χ1n) is 11.2. The summed E-state index contributed by atoms with van der Waals surface area (Å²) in [5.41, 5.74) is 5.30. The van der Waals surface area contributed by atoms with Crippen LogP contribution in [0.5, 0.6) is 0 Å². The van der Waals surface area contributed by atoms with Crippen LogP contribution < -0.4 is 5.32 Å². The molecule has 2 aliphatic rings. The number of nitrogens with zero attached hydrogens (tertiary/aromatic N) is 4. The zero-order valence-corrected chi connectivity index (χ0v) is 17.6. The minimum Gasteiger partial charge on any atom is -0.372 e. The highest BCUT2D eigenvalue weighted by Crippen LogP contribution is 2.32. The molecule has 0 saturated heterocycles. The average molecular weight is 392 g/mol. The Kier molecular flexibility index (Phi) is 6.88. The number of fused-ring (bicyclic) bond motifs is 1. The van der Waals surface area contributed by atoms with Gasteiger partial charge in [0.2, 0.25) is 0 Å². The molecule has 29 heavy (non-hydrogen) atoms. The molecule has 0 bridgehead atoms. The fraction of sp³-hybridized carbons (Fsp3) is 0.542. The first-order chi connectivity index (χ1) is 14.3. The van der Waals surface area contributed by atoms with E-state index in [1.54, 1.807) is 0 Å². The van der Waals surface area contributed by atoms with Gasteiger partial charge in [0.25, 0.3) is 0 Å². The third-order valence-corrected chi connectivity index (χ3v) is 6.18. The second-order valence-corrected chi connectivity index (χ2v) is 8.30. The van der Waals surface area contributed by atoms with Crippen LogP contribution in [0.15, 0.2) is 41.7 Å². The highest BCUT2D eigenvalue weighted by molar-refractivity contribution is 5.83. The Morgan fingerprint density at radius 3 is 2.83 bits per heavy atom. The quantitative estimate of drug-likeness (QED) is 0.654. The molecule has 5 heteroatoms. The lowest BCUT2D eigenvalue weighted by Gasteiger charge is -2.32. The zero-order valence-electron chi connectivity index (χ0n) is 17.6. The third-order valence-electron chi connectivity index (χ3n) is 6.18. The van der Waals surface area contributed by atoms with E-state index in [0.717, 1.165) is 38.9 Å². The van der Waals surface area contributed by atoms with E-state index in [2.05, 4.69) is 46.5 Å². The van der Waals surface area contributed by atoms with Gasteiger partial charge in [-0.2, -0.15) is 0 Å². The number of amidine groups is 1. The molecular weight excluding hydrogens is 358 g/mol. The molecule has 154 valence electrons. The van der Waals surface area contributed by atoms with E-state index in [1.165, 1.54) is 60.5 Å². The SMILES string of the molecule is CN(Cc1ncccc1CCCCCC1=NCCN1)C1CCCc2cccnc21. The van der Waals surface area contributed by atoms with Crippen LogP contribution in [-0.2, 0) is 19.4 Å². The number of hydrogen-bond acceptors (Lipinski definition) is 5. The van der Waals surface area contributed by atoms with E-state index in [0.29, 0.717) is 6.04 Å². The van der Waals surface area contributed by atoms with E-state index < -0.39 is 0 Å². The zero-order chi connectivity index (χ0) is 19.9. The minimum absolute atomic E-state index is 0.398. The van der Waals surface area contributed by atoms with Crippen LogP contribution in [0.1, 0.15) is 67.1 Å². The fourth-order valence-electron chi connectivity index (χ4n) is 4.60. The molecule has 1 aliphatic carbocycles. The molecule has 2 aromatic rings. The van der Waals surface area contributed by atoms with Gasteiger partial charge in [-0.05, 0) is 68.8 Å². The summed E-state index contributed by atoms with van der Waals surface area (Å²) in [4.78, 5) is 16.4. The van der Waals surface area contributed by atoms with Gasteiger partial charge in [-0.25, -0.2) is 0 Å². The second kappa shape index (κ2) is 9.97. The van der Waals surface area contributed by atoms with Gasteiger partial charge in [0.1, 0.15) is 0 Å². The molecule has 1 N–H and O–H groups in total. The predicted octanol–water partition coefficient (Wildman–Crippen LogP) is 4.09. The number of aliphatic imine (C=N–C) groups is 1. The minimum atomic E-state index is 0.398. The number of unbranched alkanes of at least 4 members (excludes halogenated alkanes) is 2. The van der Waals surface area contributed by atoms with Gasteiger partial charge in [-0.3, -0.25) is 19.9 Å². The molecule has 1 atom stereocenters. The fourth-order valence-corrected chi connectivity index (χ4v) is 4.60. The highest BCUT2D eigenvalue weighted by Gasteiger charge is 2.25. The van der Waals surface area contributed by atoms with Crippen LogP contribution in [0.3, 0.4) is 0 Å². The average Bonchev–Trinajstić information content (AvgIpc) is 3.28. The summed E-state index contributed by atoms with van der Waals surface area (Å²) in [5, 5.41) is 3.36. The Balaban J connectivity index is 1.32. The van der Waals surface area contributed by atoms with Gasteiger partial charge in [0.05, 0.1) is 29.8 Å². The summed E-state index contributed by atoms with van der Waals surface area (Å²) in [6.07, 6.45) is 13.3. The summed E-state index contributed by atoms with van der Waals surface area (Å²) < 4.78 is 0. The van der Waals surface area contributed by atoms with Gasteiger partial charge in [-0.15, -0.1) is 0 Å². The van der Waals surface area contributed by atoms with Crippen molar-refractivity contribution in [3.8, 4) is 0 Å². The largest absolute Gasteiger partial charge is 0.372 e. The van der Waals surface area contributed by atoms with Crippen LogP contribution in [0, 0.1) is 0 Å². The Morgan fingerprint density at radius 2 is 1.93 bits per heavy atom. The van der Waals surface area contributed by atoms with Gasteiger partial charge in [0.15, 0.2) is 0 Å². The number of pyridine rings is 2. The van der Waals surface area contributed by atoms with Crippen LogP contribution in [0.2, 0.25) is 0 Å². The lowest BCUT2D eigenvalue weighted by Crippen LogP contribution is -2.29. The number of aromatic nitrogens is 2. The molecule has 0 amide bonds. The van der Waals surface area contributed by atoms with Crippen molar-refractivity contribution >= 4 is 5.84 Å². The first kappa shape index (κ1) is 20.0. The van der Waals surface area contributed by atoms with Crippen molar-refractivity contribution in [1.29, 1.82) is 0 Å². The Labute approximate surface area is 174 Å². The summed E-state index contributed by atoms with van der Waals surface area (Å²) in [7, 11) is 2.22. The molecule has 3 heterocycles. The van der Waals surface area contributed by atoms with Crippen molar-refractivity contribution in [2.24, 2.45) is 4.99 Å². The predicted molar refractivity (Wildman–Crippen MR) is 118 cm³/mol. The van der Waals surface area contributed by atoms with Crippen molar-refractivity contribution in [3.05, 3.63) is 59.2 Å². The maximum atomic E-state index is 4.74. The molecule has 0 spiro atoms. The van der Waals surface area contributed by atoms with Crippen molar-refractivity contribution in [3.63, 3.8) is 0 Å². The van der Waals surface area contributed by atoms with Crippen molar-refractivity contribution in [1.82, 2.24) is 20.2 Å². The molecule has 2 aromatic heterocycles. The van der Waals surface area contributed by atoms with E-state index >= 15 is 0 Å². The maximum absolute atomic E-state index is 4.74. The monoisotopic (exact) mass is 391 g/mol. The number of rotatable bonds is 9. The molecule has 1 aliphatic heterocycles. The van der Waals surface area contributed by atoms with E-state index in [-0.39, 0.29) is 0 Å². The summed E-state index contributed by atoms with van der Waals surface area (Å²) in [6.45, 7) is 2.85. The summed E-state index contributed by atoms with van der Waals surface area (Å²) >= 11 is 0. The van der Waals surface area contributed by atoms with Crippen molar-refractivity contribution < 1.29 is 0 Å². The molecule has 0 saturated carbocycles. The van der Waals surface area contributed by atoms with Crippen LogP contribution in [-0.4, -0.2) is 40.8 Å². The molecule has 0 radical (unpaired) electrons. The second-order valence-electron chi connectivity index (χ2n) is 8.30. The summed E-state index contributed by atoms with van der Waals surface area (Å²) in [6, 6.07) is 9.03. The Bertz CT molecular complexity index is 832. The lowest BCUT2D eigenvalue weighted by molar-refractivity contribution is 0.205. The lowest BCUT2D eigenvalue weighted by atomic mass is 9.91. The van der Waals surface area contributed by atoms with Crippen LogP contribution in [0.4, 0.5) is 0 Å². The van der Waals surface area contributed by atoms with Crippen molar-refractivity contribution in [2.45, 2.75) is 64.0 Å². The van der Waals surface area contributed by atoms with Gasteiger partial charge < -0.3 is 5.32 Å². The topological polar surface area (TPSA) is 53.4 Å². The molecule has 5 nitrogen and oxygen atoms in total. The van der Waals surface area contributed by atoms with Crippen LogP contribution >= 0.6 is 0 Å². The number of hydrogen-bond donors (Lipinski definition) is 1. The maximum Gasteiger partial charge on any atom is 0.0964 e. The highest BCUT2D eigenvalue weighted by atomic mass is 15.1. The Hall–Kier alpha value is -2.27. The van der Waals surface area contributed by atoms with Gasteiger partial charge in [0, 0.05) is 31.9 Å². The first-order valence-corrected chi connectivity index (χ1v) is 11.2. The normalized spacial score (nSPS) is 18.4. The molecule has 1 unspecified atom stereocenters. The number of aryl methyl sites for hydroxylation is 2. The smallest absolute Gasteiger partial charge is 0.0964 e. The van der Waals surface area contributed by atoms with E-state index in [1.807, 2.05) is 12.4 Å². The summed E-state index contributed by atoms with van der Waals surface area (Å²) in [5.74, 6) is 1.20. The van der Waals surface area contributed by atoms with Gasteiger partial charge >= 0.3 is 0 Å². The number of nitrogens with one attached hydrogen (secondary N) is 1. The third kappa shape index (κ3) is 5.21. The standard InChI is InChI=1S/C24H33N5/c1-29(22-12-5-9-20-11-7-15-28-24(20)22)18-21-19(10-6-14-25-21)8-3-2-4-13-23-26-16-17-27-23/h6-7,10-11,14-15,22H,2-5,8-9,12-13,16-18H2,1H3,(H,26,27). The molecule has 0 aromatic carbocycles.